The predicted molar refractivity (Wildman–Crippen MR) is 125 cm³/mol. The lowest BCUT2D eigenvalue weighted by Gasteiger charge is -2.33. The number of hydrogen-bond donors (Lipinski definition) is 1. The van der Waals surface area contributed by atoms with Gasteiger partial charge < -0.3 is 14.6 Å². The molecule has 1 unspecified atom stereocenters. The molecule has 2 amide bonds. The van der Waals surface area contributed by atoms with Crippen LogP contribution >= 0.6 is 0 Å². The van der Waals surface area contributed by atoms with E-state index in [2.05, 4.69) is 10.5 Å². The highest BCUT2D eigenvalue weighted by Gasteiger charge is 2.36. The fraction of sp³-hybridized carbons (Fsp3) is 0.308. The van der Waals surface area contributed by atoms with E-state index in [4.69, 9.17) is 9.26 Å². The number of amides is 2. The van der Waals surface area contributed by atoms with Crippen molar-refractivity contribution in [3.05, 3.63) is 83.7 Å². The summed E-state index contributed by atoms with van der Waals surface area (Å²) in [5.74, 6) is -1.41. The van der Waals surface area contributed by atoms with Crippen LogP contribution in [0.2, 0.25) is 0 Å². The van der Waals surface area contributed by atoms with E-state index in [1.54, 1.807) is 30.3 Å². The Hall–Kier alpha value is -3.94. The van der Waals surface area contributed by atoms with E-state index in [-0.39, 0.29) is 23.3 Å². The van der Waals surface area contributed by atoms with Crippen LogP contribution in [0.25, 0.3) is 0 Å². The second-order valence-electron chi connectivity index (χ2n) is 8.25. The van der Waals surface area contributed by atoms with E-state index in [0.29, 0.717) is 11.3 Å². The molecule has 0 spiro atoms. The van der Waals surface area contributed by atoms with Crippen molar-refractivity contribution < 1.29 is 23.6 Å². The number of hydrogen-bond acceptors (Lipinski definition) is 6. The summed E-state index contributed by atoms with van der Waals surface area (Å²) in [5, 5.41) is 6.80. The predicted octanol–water partition coefficient (Wildman–Crippen LogP) is 4.30. The van der Waals surface area contributed by atoms with Crippen LogP contribution in [0.3, 0.4) is 0 Å². The smallest absolute Gasteiger partial charge is 0.337 e. The van der Waals surface area contributed by atoms with Gasteiger partial charge in [0.25, 0.3) is 5.91 Å². The lowest BCUT2D eigenvalue weighted by molar-refractivity contribution is -0.123. The van der Waals surface area contributed by atoms with Crippen LogP contribution in [-0.4, -0.2) is 36.1 Å². The van der Waals surface area contributed by atoms with Gasteiger partial charge in [-0.25, -0.2) is 4.79 Å². The number of carbonyl (C=O) groups excluding carboxylic acids is 3. The standard InChI is InChI=1S/C26H27N3O5/c1-33-26(32)19-11-8-14-21(17-19)29(25(31)22-15-16-27-34-22)23(18-9-4-2-5-10-18)24(30)28-20-12-6-3-7-13-20/h2,4-5,8-11,14-17,20,23H,3,6-7,12-13H2,1H3,(H,28,30). The van der Waals surface area contributed by atoms with E-state index in [1.807, 2.05) is 18.2 Å². The summed E-state index contributed by atoms with van der Waals surface area (Å²) in [7, 11) is 1.29. The van der Waals surface area contributed by atoms with Gasteiger partial charge in [0, 0.05) is 17.8 Å². The number of ether oxygens (including phenoxy) is 1. The molecule has 1 heterocycles. The van der Waals surface area contributed by atoms with Crippen LogP contribution in [0.5, 0.6) is 0 Å². The summed E-state index contributed by atoms with van der Waals surface area (Å²) in [4.78, 5) is 40.9. The number of aromatic nitrogens is 1. The van der Waals surface area contributed by atoms with Crippen LogP contribution in [-0.2, 0) is 9.53 Å². The quantitative estimate of drug-likeness (QED) is 0.527. The molecule has 1 atom stereocenters. The van der Waals surface area contributed by atoms with Crippen LogP contribution in [0.1, 0.15) is 64.6 Å². The van der Waals surface area contributed by atoms with E-state index >= 15 is 0 Å². The van der Waals surface area contributed by atoms with Crippen molar-refractivity contribution >= 4 is 23.5 Å². The summed E-state index contributed by atoms with van der Waals surface area (Å²) in [5.41, 5.74) is 1.25. The second kappa shape index (κ2) is 10.8. The Kier molecular flexibility index (Phi) is 7.37. The lowest BCUT2D eigenvalue weighted by atomic mass is 9.94. The summed E-state index contributed by atoms with van der Waals surface area (Å²) in [6.07, 6.45) is 6.45. The third-order valence-corrected chi connectivity index (χ3v) is 5.99. The average Bonchev–Trinajstić information content (AvgIpc) is 3.42. The maximum atomic E-state index is 13.7. The molecule has 0 aliphatic heterocycles. The maximum Gasteiger partial charge on any atom is 0.337 e. The zero-order valence-electron chi connectivity index (χ0n) is 19.0. The van der Waals surface area contributed by atoms with Gasteiger partial charge in [-0.3, -0.25) is 14.5 Å². The zero-order valence-corrected chi connectivity index (χ0v) is 19.0. The first-order chi connectivity index (χ1) is 16.6. The highest BCUT2D eigenvalue weighted by molar-refractivity contribution is 6.09. The Morgan fingerprint density at radius 2 is 1.79 bits per heavy atom. The number of esters is 1. The summed E-state index contributed by atoms with van der Waals surface area (Å²) in [6, 6.07) is 16.0. The molecule has 1 N–H and O–H groups in total. The van der Waals surface area contributed by atoms with Gasteiger partial charge in [0.2, 0.25) is 11.7 Å². The molecule has 2 aromatic carbocycles. The summed E-state index contributed by atoms with van der Waals surface area (Å²) >= 11 is 0. The van der Waals surface area contributed by atoms with E-state index in [1.165, 1.54) is 30.3 Å². The molecule has 1 aromatic heterocycles. The molecule has 34 heavy (non-hydrogen) atoms. The third kappa shape index (κ3) is 5.17. The number of anilines is 1. The monoisotopic (exact) mass is 461 g/mol. The zero-order chi connectivity index (χ0) is 23.9. The Bertz CT molecular complexity index is 1120. The van der Waals surface area contributed by atoms with Crippen molar-refractivity contribution in [3.63, 3.8) is 0 Å². The normalized spacial score (nSPS) is 14.7. The minimum Gasteiger partial charge on any atom is -0.465 e. The molecule has 1 fully saturated rings. The maximum absolute atomic E-state index is 13.7. The molecule has 176 valence electrons. The van der Waals surface area contributed by atoms with Gasteiger partial charge in [-0.2, -0.15) is 0 Å². The molecule has 8 nitrogen and oxygen atoms in total. The second-order valence-corrected chi connectivity index (χ2v) is 8.25. The van der Waals surface area contributed by atoms with Crippen molar-refractivity contribution in [1.29, 1.82) is 0 Å². The Morgan fingerprint density at radius 1 is 1.03 bits per heavy atom. The molecule has 0 bridgehead atoms. The fourth-order valence-electron chi connectivity index (χ4n) is 4.31. The third-order valence-electron chi connectivity index (χ3n) is 5.99. The lowest BCUT2D eigenvalue weighted by Crippen LogP contribution is -2.47. The number of benzene rings is 2. The van der Waals surface area contributed by atoms with E-state index < -0.39 is 17.9 Å². The van der Waals surface area contributed by atoms with Gasteiger partial charge >= 0.3 is 5.97 Å². The first kappa shape index (κ1) is 23.2. The Labute approximate surface area is 197 Å². The molecule has 0 radical (unpaired) electrons. The highest BCUT2D eigenvalue weighted by Crippen LogP contribution is 2.31. The summed E-state index contributed by atoms with van der Waals surface area (Å²) in [6.45, 7) is 0. The minimum atomic E-state index is -0.992. The van der Waals surface area contributed by atoms with Crippen molar-refractivity contribution in [2.45, 2.75) is 44.2 Å². The molecule has 1 saturated carbocycles. The van der Waals surface area contributed by atoms with E-state index in [0.717, 1.165) is 32.1 Å². The molecule has 8 heteroatoms. The Balaban J connectivity index is 1.80. The van der Waals surface area contributed by atoms with Crippen molar-refractivity contribution in [2.24, 2.45) is 0 Å². The first-order valence-corrected chi connectivity index (χ1v) is 11.4. The van der Waals surface area contributed by atoms with Gasteiger partial charge in [-0.1, -0.05) is 60.8 Å². The SMILES string of the molecule is COC(=O)c1cccc(N(C(=O)c2ccno2)C(C(=O)NC2CCCCC2)c2ccccc2)c1. The van der Waals surface area contributed by atoms with Gasteiger partial charge in [0.05, 0.1) is 18.9 Å². The number of carbonyl (C=O) groups is 3. The van der Waals surface area contributed by atoms with Gasteiger partial charge in [0.15, 0.2) is 0 Å². The van der Waals surface area contributed by atoms with Crippen LogP contribution in [0, 0.1) is 0 Å². The van der Waals surface area contributed by atoms with Crippen LogP contribution < -0.4 is 10.2 Å². The van der Waals surface area contributed by atoms with Crippen molar-refractivity contribution in [3.8, 4) is 0 Å². The molecule has 1 aliphatic rings. The van der Waals surface area contributed by atoms with Gasteiger partial charge in [-0.05, 0) is 36.6 Å². The molecule has 0 saturated heterocycles. The van der Waals surface area contributed by atoms with Crippen molar-refractivity contribution in [1.82, 2.24) is 10.5 Å². The van der Waals surface area contributed by atoms with E-state index in [9.17, 15) is 14.4 Å². The van der Waals surface area contributed by atoms with Gasteiger partial charge in [-0.15, -0.1) is 0 Å². The summed E-state index contributed by atoms with van der Waals surface area (Å²) < 4.78 is 9.99. The first-order valence-electron chi connectivity index (χ1n) is 11.4. The molecule has 4 rings (SSSR count). The topological polar surface area (TPSA) is 102 Å². The molecule has 3 aromatic rings. The van der Waals surface area contributed by atoms with Crippen molar-refractivity contribution in [2.75, 3.05) is 12.0 Å². The minimum absolute atomic E-state index is 0.0186. The van der Waals surface area contributed by atoms with Crippen LogP contribution in [0.4, 0.5) is 5.69 Å². The fourth-order valence-corrected chi connectivity index (χ4v) is 4.31. The molecular weight excluding hydrogens is 434 g/mol. The van der Waals surface area contributed by atoms with Gasteiger partial charge in [0.1, 0.15) is 6.04 Å². The number of rotatable bonds is 7. The number of methoxy groups -OCH3 is 1. The Morgan fingerprint density at radius 3 is 2.47 bits per heavy atom. The average molecular weight is 462 g/mol. The molecular formula is C26H27N3O5. The largest absolute Gasteiger partial charge is 0.465 e. The molecule has 1 aliphatic carbocycles. The highest BCUT2D eigenvalue weighted by atomic mass is 16.5. The number of nitrogens with one attached hydrogen (secondary N) is 1. The van der Waals surface area contributed by atoms with Crippen LogP contribution in [0.15, 0.2) is 71.4 Å². The number of nitrogens with zero attached hydrogens (tertiary/aromatic N) is 2.